The van der Waals surface area contributed by atoms with E-state index in [-0.39, 0.29) is 0 Å². The molecule has 0 radical (unpaired) electrons. The molecular formula is C17H13ClN4O. The molecule has 0 saturated heterocycles. The molecule has 2 heterocycles. The molecule has 0 atom stereocenters. The highest BCUT2D eigenvalue weighted by Gasteiger charge is 2.12. The van der Waals surface area contributed by atoms with Gasteiger partial charge in [0.05, 0.1) is 24.0 Å². The second-order valence-electron chi connectivity index (χ2n) is 5.16. The Morgan fingerprint density at radius 2 is 1.91 bits per heavy atom. The summed E-state index contributed by atoms with van der Waals surface area (Å²) < 4.78 is 5.26. The summed E-state index contributed by atoms with van der Waals surface area (Å²) in [5.74, 6) is 0.798. The van der Waals surface area contributed by atoms with Gasteiger partial charge in [-0.1, -0.05) is 23.7 Å². The van der Waals surface area contributed by atoms with Crippen molar-refractivity contribution >= 4 is 22.5 Å². The average Bonchev–Trinajstić information content (AvgIpc) is 3.21. The van der Waals surface area contributed by atoms with Crippen molar-refractivity contribution in [2.75, 3.05) is 7.11 Å². The number of nitrogens with one attached hydrogen (secondary N) is 2. The van der Waals surface area contributed by atoms with Gasteiger partial charge in [-0.25, -0.2) is 0 Å². The lowest BCUT2D eigenvalue weighted by Crippen LogP contribution is -1.83. The van der Waals surface area contributed by atoms with Gasteiger partial charge < -0.3 is 4.74 Å². The number of benzene rings is 2. The maximum absolute atomic E-state index is 6.01. The number of H-pyrrole nitrogens is 2. The summed E-state index contributed by atoms with van der Waals surface area (Å²) in [7, 11) is 1.65. The fourth-order valence-electron chi connectivity index (χ4n) is 2.57. The van der Waals surface area contributed by atoms with Crippen LogP contribution in [0, 0.1) is 0 Å². The summed E-state index contributed by atoms with van der Waals surface area (Å²) >= 11 is 6.01. The molecule has 0 saturated carbocycles. The molecule has 4 rings (SSSR count). The quantitative estimate of drug-likeness (QED) is 0.591. The minimum atomic E-state index is 0.675. The summed E-state index contributed by atoms with van der Waals surface area (Å²) in [5.41, 5.74) is 4.37. The fourth-order valence-corrected chi connectivity index (χ4v) is 2.74. The van der Waals surface area contributed by atoms with Gasteiger partial charge in [0.25, 0.3) is 0 Å². The van der Waals surface area contributed by atoms with E-state index in [9.17, 15) is 0 Å². The largest absolute Gasteiger partial charge is 0.497 e. The van der Waals surface area contributed by atoms with Crippen molar-refractivity contribution < 1.29 is 4.74 Å². The molecule has 23 heavy (non-hydrogen) atoms. The first-order chi connectivity index (χ1) is 11.2. The first kappa shape index (κ1) is 13.8. The second-order valence-corrected chi connectivity index (χ2v) is 5.60. The third-order valence-corrected chi connectivity index (χ3v) is 3.96. The van der Waals surface area contributed by atoms with Crippen molar-refractivity contribution in [1.82, 2.24) is 20.4 Å². The molecule has 2 aromatic carbocycles. The Morgan fingerprint density at radius 3 is 2.78 bits per heavy atom. The first-order valence-corrected chi connectivity index (χ1v) is 7.46. The van der Waals surface area contributed by atoms with Crippen molar-refractivity contribution in [3.05, 3.63) is 53.6 Å². The number of methoxy groups -OCH3 is 1. The van der Waals surface area contributed by atoms with E-state index >= 15 is 0 Å². The van der Waals surface area contributed by atoms with Gasteiger partial charge >= 0.3 is 0 Å². The van der Waals surface area contributed by atoms with Crippen LogP contribution < -0.4 is 4.74 Å². The predicted octanol–water partition coefficient (Wildman–Crippen LogP) is 4.28. The smallest absolute Gasteiger partial charge is 0.119 e. The van der Waals surface area contributed by atoms with Crippen molar-refractivity contribution in [3.8, 4) is 28.4 Å². The number of nitrogens with zero attached hydrogens (tertiary/aromatic N) is 2. The molecule has 0 unspecified atom stereocenters. The number of aromatic nitrogens is 4. The van der Waals surface area contributed by atoms with E-state index in [2.05, 4.69) is 20.4 Å². The van der Waals surface area contributed by atoms with Crippen LogP contribution >= 0.6 is 11.6 Å². The van der Waals surface area contributed by atoms with Crippen LogP contribution in [0.15, 0.2) is 48.5 Å². The van der Waals surface area contributed by atoms with Gasteiger partial charge in [-0.3, -0.25) is 10.2 Å². The highest BCUT2D eigenvalue weighted by molar-refractivity contribution is 6.31. The van der Waals surface area contributed by atoms with Crippen LogP contribution in [0.3, 0.4) is 0 Å². The highest BCUT2D eigenvalue weighted by atomic mass is 35.5. The van der Waals surface area contributed by atoms with Crippen molar-refractivity contribution in [3.63, 3.8) is 0 Å². The Kier molecular flexibility index (Phi) is 3.28. The Labute approximate surface area is 137 Å². The Morgan fingerprint density at radius 1 is 1.00 bits per heavy atom. The van der Waals surface area contributed by atoms with E-state index in [4.69, 9.17) is 16.3 Å². The van der Waals surface area contributed by atoms with Crippen LogP contribution in [-0.2, 0) is 0 Å². The molecular weight excluding hydrogens is 312 g/mol. The zero-order valence-corrected chi connectivity index (χ0v) is 13.1. The Hall–Kier alpha value is -2.79. The molecule has 0 amide bonds. The summed E-state index contributed by atoms with van der Waals surface area (Å²) in [4.78, 5) is 0. The summed E-state index contributed by atoms with van der Waals surface area (Å²) in [6.45, 7) is 0. The van der Waals surface area contributed by atoms with Gasteiger partial charge in [0.1, 0.15) is 11.4 Å². The predicted molar refractivity (Wildman–Crippen MR) is 90.7 cm³/mol. The molecule has 4 aromatic rings. The minimum Gasteiger partial charge on any atom is -0.497 e. The lowest BCUT2D eigenvalue weighted by Gasteiger charge is -2.00. The number of hydrogen-bond acceptors (Lipinski definition) is 3. The number of fused-ring (bicyclic) bond motifs is 1. The summed E-state index contributed by atoms with van der Waals surface area (Å²) in [6.07, 6.45) is 0. The van der Waals surface area contributed by atoms with Gasteiger partial charge in [0, 0.05) is 16.0 Å². The summed E-state index contributed by atoms with van der Waals surface area (Å²) in [5, 5.41) is 16.5. The van der Waals surface area contributed by atoms with E-state index in [0.717, 1.165) is 39.3 Å². The van der Waals surface area contributed by atoms with Crippen LogP contribution in [-0.4, -0.2) is 27.5 Å². The lowest BCUT2D eigenvalue weighted by atomic mass is 10.1. The number of aromatic amines is 2. The zero-order valence-electron chi connectivity index (χ0n) is 12.3. The van der Waals surface area contributed by atoms with Gasteiger partial charge in [0.15, 0.2) is 0 Å². The molecule has 114 valence electrons. The van der Waals surface area contributed by atoms with Crippen molar-refractivity contribution in [2.45, 2.75) is 0 Å². The maximum Gasteiger partial charge on any atom is 0.119 e. The zero-order chi connectivity index (χ0) is 15.8. The van der Waals surface area contributed by atoms with Gasteiger partial charge in [-0.2, -0.15) is 10.2 Å². The molecule has 0 spiro atoms. The third-order valence-electron chi connectivity index (χ3n) is 3.72. The standard InChI is InChI=1S/C17H13ClN4O/c1-23-12-4-2-3-10(7-12)14-9-16(21-19-14)17-13-6-5-11(18)8-15(13)20-22-17/h2-9H,1H3,(H,19,21)(H,20,22). The first-order valence-electron chi connectivity index (χ1n) is 7.08. The van der Waals surface area contributed by atoms with Crippen LogP contribution in [0.2, 0.25) is 5.02 Å². The van der Waals surface area contributed by atoms with Crippen LogP contribution in [0.5, 0.6) is 5.75 Å². The normalized spacial score (nSPS) is 11.0. The number of ether oxygens (including phenoxy) is 1. The fraction of sp³-hybridized carbons (Fsp3) is 0.0588. The summed E-state index contributed by atoms with van der Waals surface area (Å²) in [6, 6.07) is 15.4. The molecule has 2 N–H and O–H groups in total. The second kappa shape index (κ2) is 5.44. The van der Waals surface area contributed by atoms with Crippen molar-refractivity contribution in [1.29, 1.82) is 0 Å². The number of hydrogen-bond donors (Lipinski definition) is 2. The maximum atomic E-state index is 6.01. The SMILES string of the molecule is COc1cccc(-c2cc(-c3n[nH]c4cc(Cl)ccc34)[nH]n2)c1. The molecule has 0 fully saturated rings. The molecule has 0 bridgehead atoms. The van der Waals surface area contributed by atoms with E-state index in [1.54, 1.807) is 7.11 Å². The van der Waals surface area contributed by atoms with Gasteiger partial charge in [-0.05, 0) is 36.4 Å². The lowest BCUT2D eigenvalue weighted by molar-refractivity contribution is 0.415. The average molecular weight is 325 g/mol. The van der Waals surface area contributed by atoms with Gasteiger partial charge in [0.2, 0.25) is 0 Å². The van der Waals surface area contributed by atoms with Crippen molar-refractivity contribution in [2.24, 2.45) is 0 Å². The van der Waals surface area contributed by atoms with E-state index in [1.807, 2.05) is 48.5 Å². The van der Waals surface area contributed by atoms with E-state index in [1.165, 1.54) is 0 Å². The van der Waals surface area contributed by atoms with Crippen LogP contribution in [0.25, 0.3) is 33.5 Å². The molecule has 5 nitrogen and oxygen atoms in total. The Balaban J connectivity index is 1.77. The van der Waals surface area contributed by atoms with E-state index < -0.39 is 0 Å². The molecule has 0 aliphatic rings. The molecule has 0 aliphatic heterocycles. The monoisotopic (exact) mass is 324 g/mol. The minimum absolute atomic E-state index is 0.675. The molecule has 6 heteroatoms. The molecule has 0 aliphatic carbocycles. The number of rotatable bonds is 3. The van der Waals surface area contributed by atoms with E-state index in [0.29, 0.717) is 5.02 Å². The topological polar surface area (TPSA) is 66.6 Å². The highest BCUT2D eigenvalue weighted by Crippen LogP contribution is 2.30. The number of halogens is 1. The Bertz CT molecular complexity index is 989. The molecule has 2 aromatic heterocycles. The van der Waals surface area contributed by atoms with Crippen LogP contribution in [0.4, 0.5) is 0 Å². The van der Waals surface area contributed by atoms with Gasteiger partial charge in [-0.15, -0.1) is 0 Å². The third kappa shape index (κ3) is 2.45. The van der Waals surface area contributed by atoms with Crippen LogP contribution in [0.1, 0.15) is 0 Å².